The lowest BCUT2D eigenvalue weighted by Crippen LogP contribution is -2.06. The van der Waals surface area contributed by atoms with Crippen molar-refractivity contribution >= 4 is 15.9 Å². The van der Waals surface area contributed by atoms with Crippen LogP contribution in [-0.4, -0.2) is 5.11 Å². The van der Waals surface area contributed by atoms with E-state index in [0.717, 1.165) is 22.2 Å². The van der Waals surface area contributed by atoms with Crippen molar-refractivity contribution in [2.75, 3.05) is 0 Å². The summed E-state index contributed by atoms with van der Waals surface area (Å²) < 4.78 is 28.1. The van der Waals surface area contributed by atoms with E-state index in [1.54, 1.807) is 0 Å². The van der Waals surface area contributed by atoms with E-state index in [-0.39, 0.29) is 17.5 Å². The van der Waals surface area contributed by atoms with Crippen LogP contribution in [0.3, 0.4) is 0 Å². The second-order valence-electron chi connectivity index (χ2n) is 4.47. The summed E-state index contributed by atoms with van der Waals surface area (Å²) in [6, 6.07) is 9.51. The lowest BCUT2D eigenvalue weighted by atomic mass is 10.00. The molecule has 1 unspecified atom stereocenters. The highest BCUT2D eigenvalue weighted by Crippen LogP contribution is 2.24. The van der Waals surface area contributed by atoms with Crippen LogP contribution in [0.2, 0.25) is 0 Å². The smallest absolute Gasteiger partial charge is 0.129 e. The summed E-state index contributed by atoms with van der Waals surface area (Å²) in [6.07, 6.45) is -0.816. The molecule has 0 fully saturated rings. The maximum Gasteiger partial charge on any atom is 0.129 e. The van der Waals surface area contributed by atoms with Crippen molar-refractivity contribution in [2.24, 2.45) is 0 Å². The lowest BCUT2D eigenvalue weighted by Gasteiger charge is -2.13. The van der Waals surface area contributed by atoms with Crippen LogP contribution < -0.4 is 0 Å². The normalized spacial score (nSPS) is 12.5. The average Bonchev–Trinajstić information content (AvgIpc) is 2.36. The summed E-state index contributed by atoms with van der Waals surface area (Å²) in [5.74, 6) is -1.09. The zero-order valence-electron chi connectivity index (χ0n) is 10.3. The van der Waals surface area contributed by atoms with Gasteiger partial charge in [-0.3, -0.25) is 0 Å². The maximum atomic E-state index is 13.7. The fraction of sp³-hybridized carbons (Fsp3) is 0.200. The molecule has 4 heteroatoms. The first-order valence-corrected chi connectivity index (χ1v) is 6.64. The van der Waals surface area contributed by atoms with Crippen LogP contribution in [0.15, 0.2) is 40.9 Å². The number of aliphatic hydroxyl groups is 1. The third-order valence-corrected chi connectivity index (χ3v) is 3.51. The van der Waals surface area contributed by atoms with Crippen LogP contribution in [0.1, 0.15) is 22.8 Å². The molecule has 1 atom stereocenters. The van der Waals surface area contributed by atoms with E-state index in [1.807, 2.05) is 24.3 Å². The molecule has 0 spiro atoms. The lowest BCUT2D eigenvalue weighted by molar-refractivity contribution is 0.173. The molecule has 2 aromatic carbocycles. The molecule has 0 saturated heterocycles. The van der Waals surface area contributed by atoms with Gasteiger partial charge in [0.25, 0.3) is 0 Å². The standard InChI is InChI=1S/C15H13BrF2O/c1-9-6-14(18)12(8-13(9)17)15(19)7-10-2-4-11(16)5-3-10/h2-6,8,15,19H,7H2,1H3. The summed E-state index contributed by atoms with van der Waals surface area (Å²) >= 11 is 3.31. The first-order chi connectivity index (χ1) is 8.97. The van der Waals surface area contributed by atoms with Crippen LogP contribution >= 0.6 is 15.9 Å². The van der Waals surface area contributed by atoms with Gasteiger partial charge in [0.15, 0.2) is 0 Å². The molecule has 2 rings (SSSR count). The minimum absolute atomic E-state index is 0.00832. The summed E-state index contributed by atoms with van der Waals surface area (Å²) in [5.41, 5.74) is 1.08. The molecule has 0 aromatic heterocycles. The first-order valence-electron chi connectivity index (χ1n) is 5.85. The Morgan fingerprint density at radius 1 is 1.11 bits per heavy atom. The van der Waals surface area contributed by atoms with Crippen LogP contribution in [0.5, 0.6) is 0 Å². The number of aryl methyl sites for hydroxylation is 1. The number of hydrogen-bond acceptors (Lipinski definition) is 1. The Balaban J connectivity index is 2.22. The predicted octanol–water partition coefficient (Wildman–Crippen LogP) is 4.31. The molecule has 0 radical (unpaired) electrons. The number of hydrogen-bond donors (Lipinski definition) is 1. The Kier molecular flexibility index (Phi) is 4.32. The quantitative estimate of drug-likeness (QED) is 0.891. The molecule has 1 nitrogen and oxygen atoms in total. The highest BCUT2D eigenvalue weighted by atomic mass is 79.9. The Morgan fingerprint density at radius 3 is 2.37 bits per heavy atom. The maximum absolute atomic E-state index is 13.7. The van der Waals surface area contributed by atoms with Gasteiger partial charge in [-0.1, -0.05) is 28.1 Å². The Labute approximate surface area is 119 Å². The van der Waals surface area contributed by atoms with E-state index in [2.05, 4.69) is 15.9 Å². The van der Waals surface area contributed by atoms with E-state index >= 15 is 0 Å². The molecular formula is C15H13BrF2O. The van der Waals surface area contributed by atoms with Crippen LogP contribution in [0.4, 0.5) is 8.78 Å². The molecule has 0 heterocycles. The predicted molar refractivity (Wildman–Crippen MR) is 73.9 cm³/mol. The Bertz CT molecular complexity index is 581. The molecule has 0 saturated carbocycles. The summed E-state index contributed by atoms with van der Waals surface area (Å²) in [6.45, 7) is 1.49. The van der Waals surface area contributed by atoms with Crippen LogP contribution in [-0.2, 0) is 6.42 Å². The minimum atomic E-state index is -1.06. The largest absolute Gasteiger partial charge is 0.388 e. The summed E-state index contributed by atoms with van der Waals surface area (Å²) in [7, 11) is 0. The highest BCUT2D eigenvalue weighted by molar-refractivity contribution is 9.10. The second kappa shape index (κ2) is 5.80. The monoisotopic (exact) mass is 326 g/mol. The first kappa shape index (κ1) is 14.2. The fourth-order valence-corrected chi connectivity index (χ4v) is 2.14. The van der Waals surface area contributed by atoms with Gasteiger partial charge in [-0.25, -0.2) is 8.78 Å². The number of halogens is 3. The molecule has 0 aliphatic carbocycles. The van der Waals surface area contributed by atoms with Crippen LogP contribution in [0, 0.1) is 18.6 Å². The zero-order chi connectivity index (χ0) is 14.0. The average molecular weight is 327 g/mol. The van der Waals surface area contributed by atoms with Crippen molar-refractivity contribution < 1.29 is 13.9 Å². The molecule has 2 aromatic rings. The second-order valence-corrected chi connectivity index (χ2v) is 5.38. The molecule has 0 bridgehead atoms. The van der Waals surface area contributed by atoms with Gasteiger partial charge in [-0.05, 0) is 42.3 Å². The third-order valence-electron chi connectivity index (χ3n) is 2.98. The van der Waals surface area contributed by atoms with E-state index in [9.17, 15) is 13.9 Å². The van der Waals surface area contributed by atoms with Gasteiger partial charge in [0.05, 0.1) is 6.10 Å². The third kappa shape index (κ3) is 3.39. The SMILES string of the molecule is Cc1cc(F)c(C(O)Cc2ccc(Br)cc2)cc1F. The van der Waals surface area contributed by atoms with Gasteiger partial charge in [0.1, 0.15) is 11.6 Å². The number of aliphatic hydroxyl groups excluding tert-OH is 1. The van der Waals surface area contributed by atoms with Crippen molar-refractivity contribution in [3.8, 4) is 0 Å². The van der Waals surface area contributed by atoms with Gasteiger partial charge in [-0.2, -0.15) is 0 Å². The Hall–Kier alpha value is -1.26. The summed E-state index contributed by atoms with van der Waals surface area (Å²) in [5, 5.41) is 10.0. The summed E-state index contributed by atoms with van der Waals surface area (Å²) in [4.78, 5) is 0. The van der Waals surface area contributed by atoms with Crippen molar-refractivity contribution in [2.45, 2.75) is 19.4 Å². The van der Waals surface area contributed by atoms with Gasteiger partial charge < -0.3 is 5.11 Å². The van der Waals surface area contributed by atoms with Crippen molar-refractivity contribution in [3.63, 3.8) is 0 Å². The van der Waals surface area contributed by atoms with E-state index in [1.165, 1.54) is 6.92 Å². The van der Waals surface area contributed by atoms with Gasteiger partial charge in [0.2, 0.25) is 0 Å². The number of rotatable bonds is 3. The molecule has 0 amide bonds. The van der Waals surface area contributed by atoms with Gasteiger partial charge >= 0.3 is 0 Å². The van der Waals surface area contributed by atoms with E-state index in [0.29, 0.717) is 0 Å². The van der Waals surface area contributed by atoms with Gasteiger partial charge in [0, 0.05) is 16.5 Å². The fourth-order valence-electron chi connectivity index (χ4n) is 1.87. The Morgan fingerprint density at radius 2 is 1.74 bits per heavy atom. The topological polar surface area (TPSA) is 20.2 Å². The van der Waals surface area contributed by atoms with E-state index < -0.39 is 17.7 Å². The molecule has 0 aliphatic rings. The molecule has 1 N–H and O–H groups in total. The van der Waals surface area contributed by atoms with Crippen molar-refractivity contribution in [1.29, 1.82) is 0 Å². The van der Waals surface area contributed by atoms with Crippen LogP contribution in [0.25, 0.3) is 0 Å². The molecule has 100 valence electrons. The van der Waals surface area contributed by atoms with Crippen molar-refractivity contribution in [3.05, 3.63) is 69.2 Å². The van der Waals surface area contributed by atoms with Gasteiger partial charge in [-0.15, -0.1) is 0 Å². The molecular weight excluding hydrogens is 314 g/mol. The molecule has 19 heavy (non-hydrogen) atoms. The molecule has 0 aliphatic heterocycles. The van der Waals surface area contributed by atoms with Crippen molar-refractivity contribution in [1.82, 2.24) is 0 Å². The highest BCUT2D eigenvalue weighted by Gasteiger charge is 2.16. The zero-order valence-corrected chi connectivity index (χ0v) is 11.9. The minimum Gasteiger partial charge on any atom is -0.388 e. The van der Waals surface area contributed by atoms with E-state index in [4.69, 9.17) is 0 Å². The number of benzene rings is 2.